The van der Waals surface area contributed by atoms with Crippen LogP contribution in [-0.2, 0) is 29.3 Å². The lowest BCUT2D eigenvalue weighted by Crippen LogP contribution is -2.53. The van der Waals surface area contributed by atoms with E-state index in [-0.39, 0.29) is 5.78 Å². The molecule has 0 N–H and O–H groups in total. The molecule has 1 aromatic rings. The van der Waals surface area contributed by atoms with Crippen molar-refractivity contribution in [2.45, 2.75) is 30.5 Å². The highest BCUT2D eigenvalue weighted by Crippen LogP contribution is 2.60. The molecule has 0 heterocycles. The van der Waals surface area contributed by atoms with Crippen molar-refractivity contribution in [3.63, 3.8) is 0 Å². The number of halogens is 1. The van der Waals surface area contributed by atoms with Crippen LogP contribution in [0.4, 0.5) is 0 Å². The highest BCUT2D eigenvalue weighted by Gasteiger charge is 2.62. The Morgan fingerprint density at radius 2 is 1.80 bits per heavy atom. The number of methoxy groups -OCH3 is 2. The van der Waals surface area contributed by atoms with Crippen LogP contribution in [0.1, 0.15) is 31.4 Å². The average Bonchev–Trinajstić information content (AvgIpc) is 2.88. The Morgan fingerprint density at radius 3 is 2.40 bits per heavy atom. The predicted octanol–water partition coefficient (Wildman–Crippen LogP) is 2.80. The fraction of sp³-hybridized carbons (Fsp3) is 0.421. The van der Waals surface area contributed by atoms with Gasteiger partial charge in [-0.2, -0.15) is 0 Å². The smallest absolute Gasteiger partial charge is 0.338 e. The van der Waals surface area contributed by atoms with Crippen LogP contribution < -0.4 is 0 Å². The van der Waals surface area contributed by atoms with E-state index in [1.54, 1.807) is 0 Å². The number of ether oxygens (including phenoxy) is 2. The highest BCUT2D eigenvalue weighted by atomic mass is 79.9. The van der Waals surface area contributed by atoms with E-state index in [0.717, 1.165) is 5.56 Å². The first-order valence-corrected chi connectivity index (χ1v) is 8.85. The van der Waals surface area contributed by atoms with E-state index >= 15 is 0 Å². The molecule has 0 saturated heterocycles. The maximum absolute atomic E-state index is 13.0. The second-order valence-electron chi connectivity index (χ2n) is 6.77. The van der Waals surface area contributed by atoms with Crippen molar-refractivity contribution < 1.29 is 23.9 Å². The molecule has 0 amide bonds. The number of alkyl halides is 1. The van der Waals surface area contributed by atoms with Crippen molar-refractivity contribution in [1.82, 2.24) is 0 Å². The maximum Gasteiger partial charge on any atom is 0.338 e. The summed E-state index contributed by atoms with van der Waals surface area (Å²) in [4.78, 5) is 37.8. The number of carbonyl (C=O) groups is 3. The first-order valence-electron chi connectivity index (χ1n) is 7.93. The quantitative estimate of drug-likeness (QED) is 0.429. The standard InChI is InChI=1S/C19H19BrO5/c1-18-9-12(20)15(21)19(2,17(23)25-4)14(18)13(16(22)24-3)10-7-5-6-8-11(10)18/h5-8,12H,9H2,1-4H3. The van der Waals surface area contributed by atoms with E-state index in [0.29, 0.717) is 23.1 Å². The van der Waals surface area contributed by atoms with Crippen LogP contribution in [0.3, 0.4) is 0 Å². The largest absolute Gasteiger partial charge is 0.468 e. The number of benzene rings is 1. The molecule has 0 aromatic heterocycles. The Morgan fingerprint density at radius 1 is 1.16 bits per heavy atom. The van der Waals surface area contributed by atoms with Gasteiger partial charge in [0.05, 0.1) is 24.6 Å². The molecule has 3 atom stereocenters. The fourth-order valence-electron chi connectivity index (χ4n) is 4.35. The molecule has 1 fully saturated rings. The predicted molar refractivity (Wildman–Crippen MR) is 95.2 cm³/mol. The maximum atomic E-state index is 13.0. The minimum atomic E-state index is -1.56. The number of hydrogen-bond acceptors (Lipinski definition) is 5. The molecule has 3 rings (SSSR count). The number of carbonyl (C=O) groups excluding carboxylic acids is 3. The van der Waals surface area contributed by atoms with Gasteiger partial charge >= 0.3 is 11.9 Å². The summed E-state index contributed by atoms with van der Waals surface area (Å²) in [6, 6.07) is 7.46. The fourth-order valence-corrected chi connectivity index (χ4v) is 5.46. The normalized spacial score (nSPS) is 30.6. The van der Waals surface area contributed by atoms with Crippen molar-refractivity contribution in [2.24, 2.45) is 5.41 Å². The van der Waals surface area contributed by atoms with Crippen LogP contribution >= 0.6 is 15.9 Å². The van der Waals surface area contributed by atoms with Crippen molar-refractivity contribution in [2.75, 3.05) is 14.2 Å². The number of Topliss-reactive ketones (excluding diaryl/α,β-unsaturated/α-hetero) is 1. The number of ketones is 1. The summed E-state index contributed by atoms with van der Waals surface area (Å²) in [6.07, 6.45) is 0.450. The topological polar surface area (TPSA) is 69.7 Å². The molecule has 3 unspecified atom stereocenters. The van der Waals surface area contributed by atoms with Gasteiger partial charge in [0.25, 0.3) is 0 Å². The summed E-state index contributed by atoms with van der Waals surface area (Å²) < 4.78 is 9.94. The second kappa shape index (κ2) is 5.80. The first-order chi connectivity index (χ1) is 11.7. The number of hydrogen-bond donors (Lipinski definition) is 0. The molecule has 2 aliphatic carbocycles. The van der Waals surface area contributed by atoms with Gasteiger partial charge in [-0.15, -0.1) is 0 Å². The van der Waals surface area contributed by atoms with E-state index < -0.39 is 27.6 Å². The third kappa shape index (κ3) is 2.16. The molecular formula is C19H19BrO5. The Bertz CT molecular complexity index is 827. The summed E-state index contributed by atoms with van der Waals surface area (Å²) in [7, 11) is 2.54. The van der Waals surface area contributed by atoms with Crippen molar-refractivity contribution in [1.29, 1.82) is 0 Å². The van der Waals surface area contributed by atoms with E-state index in [4.69, 9.17) is 9.47 Å². The molecule has 1 aromatic carbocycles. The van der Waals surface area contributed by atoms with E-state index in [2.05, 4.69) is 15.9 Å². The SMILES string of the molecule is COC(=O)C1=C2C(C)(C(=O)OC)C(=O)C(Br)CC2(C)c2ccccc21. The second-order valence-corrected chi connectivity index (χ2v) is 7.88. The third-order valence-corrected chi connectivity index (χ3v) is 6.18. The molecule has 132 valence electrons. The van der Waals surface area contributed by atoms with Gasteiger partial charge in [0.2, 0.25) is 0 Å². The van der Waals surface area contributed by atoms with E-state index in [1.807, 2.05) is 31.2 Å². The molecule has 1 saturated carbocycles. The third-order valence-electron chi connectivity index (χ3n) is 5.44. The van der Waals surface area contributed by atoms with Crippen molar-refractivity contribution in [3.05, 3.63) is 41.0 Å². The van der Waals surface area contributed by atoms with Crippen molar-refractivity contribution in [3.8, 4) is 0 Å². The Hall–Kier alpha value is -1.95. The van der Waals surface area contributed by atoms with Crippen LogP contribution in [0.25, 0.3) is 5.57 Å². The zero-order chi connectivity index (χ0) is 18.6. The first kappa shape index (κ1) is 17.9. The lowest BCUT2D eigenvalue weighted by atomic mass is 9.58. The minimum absolute atomic E-state index is 0.293. The summed E-state index contributed by atoms with van der Waals surface area (Å²) in [5.41, 5.74) is 0.180. The molecule has 6 heteroatoms. The molecule has 2 aliphatic rings. The zero-order valence-corrected chi connectivity index (χ0v) is 16.1. The minimum Gasteiger partial charge on any atom is -0.468 e. The number of fused-ring (bicyclic) bond motifs is 3. The zero-order valence-electron chi connectivity index (χ0n) is 14.5. The molecule has 5 nitrogen and oxygen atoms in total. The highest BCUT2D eigenvalue weighted by molar-refractivity contribution is 9.10. The van der Waals surface area contributed by atoms with Gasteiger partial charge in [0.1, 0.15) is 5.41 Å². The summed E-state index contributed by atoms with van der Waals surface area (Å²) in [6.45, 7) is 3.50. The van der Waals surface area contributed by atoms with Gasteiger partial charge in [-0.05, 0) is 30.0 Å². The van der Waals surface area contributed by atoms with Gasteiger partial charge in [0, 0.05) is 5.41 Å². The van der Waals surface area contributed by atoms with Gasteiger partial charge in [-0.25, -0.2) is 4.79 Å². The van der Waals surface area contributed by atoms with Gasteiger partial charge in [-0.3, -0.25) is 9.59 Å². The lowest BCUT2D eigenvalue weighted by molar-refractivity contribution is -0.155. The molecule has 0 radical (unpaired) electrons. The van der Waals surface area contributed by atoms with Crippen LogP contribution in [-0.4, -0.2) is 36.8 Å². The van der Waals surface area contributed by atoms with E-state index in [1.165, 1.54) is 21.1 Å². The van der Waals surface area contributed by atoms with Crippen molar-refractivity contribution >= 4 is 39.2 Å². The number of esters is 2. The van der Waals surface area contributed by atoms with Gasteiger partial charge < -0.3 is 9.47 Å². The van der Waals surface area contributed by atoms with Crippen LogP contribution in [0.2, 0.25) is 0 Å². The summed E-state index contributed by atoms with van der Waals surface area (Å²) in [5, 5.41) is 0. The van der Waals surface area contributed by atoms with E-state index in [9.17, 15) is 14.4 Å². The van der Waals surface area contributed by atoms with Gasteiger partial charge in [0.15, 0.2) is 5.78 Å². The molecular weight excluding hydrogens is 388 g/mol. The Kier molecular flexibility index (Phi) is 4.14. The Labute approximate surface area is 154 Å². The average molecular weight is 407 g/mol. The lowest BCUT2D eigenvalue weighted by Gasteiger charge is -2.44. The summed E-state index contributed by atoms with van der Waals surface area (Å²) in [5.74, 6) is -1.53. The molecule has 25 heavy (non-hydrogen) atoms. The van der Waals surface area contributed by atoms with Crippen LogP contribution in [0, 0.1) is 5.41 Å². The van der Waals surface area contributed by atoms with Crippen LogP contribution in [0.5, 0.6) is 0 Å². The molecule has 0 bridgehead atoms. The van der Waals surface area contributed by atoms with Crippen LogP contribution in [0.15, 0.2) is 29.8 Å². The molecule has 0 spiro atoms. The Balaban J connectivity index is 2.43. The monoisotopic (exact) mass is 406 g/mol. The van der Waals surface area contributed by atoms with Gasteiger partial charge in [-0.1, -0.05) is 47.1 Å². The summed E-state index contributed by atoms with van der Waals surface area (Å²) >= 11 is 3.43. The number of rotatable bonds is 2. The molecule has 0 aliphatic heterocycles.